The SMILES string of the molecule is CC(C)(C)OC(=O)NCCCC[C@H](NC(=O)[C@H](CCCCNC(=O)OCC1c2ccccc2-c2ccccc21)NC(=O)OC(C)(C)C)C(=O)N1CCN(c2cc3c(cc2F)c(=O)c(C(=O)Nc2ccc([N+](=O)[O-])cc2Cl)cn3C2CC2)CC1. The molecular weight excluding hydrogens is 1090 g/mol. The van der Waals surface area contributed by atoms with Gasteiger partial charge < -0.3 is 55.2 Å². The van der Waals surface area contributed by atoms with Crippen molar-refractivity contribution in [2.24, 2.45) is 0 Å². The molecule has 1 aliphatic heterocycles. The molecule has 1 aromatic heterocycles. The molecule has 0 unspecified atom stereocenters. The number of unbranched alkanes of at least 4 members (excludes halogenated alkanes) is 2. The molecule has 21 nitrogen and oxygen atoms in total. The van der Waals surface area contributed by atoms with E-state index in [1.54, 1.807) is 62.0 Å². The average molecular weight is 1160 g/mol. The highest BCUT2D eigenvalue weighted by Gasteiger charge is 2.35. The predicted molar refractivity (Wildman–Crippen MR) is 311 cm³/mol. The van der Waals surface area contributed by atoms with E-state index in [2.05, 4.69) is 38.7 Å². The third kappa shape index (κ3) is 15.8. The number of fused-ring (bicyclic) bond motifs is 4. The van der Waals surface area contributed by atoms with E-state index in [1.165, 1.54) is 12.3 Å². The number of non-ortho nitro benzene ring substituents is 1. The number of rotatable bonds is 21. The van der Waals surface area contributed by atoms with Crippen molar-refractivity contribution < 1.29 is 52.3 Å². The maximum Gasteiger partial charge on any atom is 0.408 e. The van der Waals surface area contributed by atoms with Crippen LogP contribution in [0.2, 0.25) is 5.02 Å². The van der Waals surface area contributed by atoms with Gasteiger partial charge in [-0.15, -0.1) is 0 Å². The molecule has 442 valence electrons. The van der Waals surface area contributed by atoms with Gasteiger partial charge in [0.05, 0.1) is 26.8 Å². The minimum Gasteiger partial charge on any atom is -0.449 e. The molecule has 3 aliphatic rings. The minimum atomic E-state index is -1.15. The normalized spacial score (nSPS) is 14.8. The summed E-state index contributed by atoms with van der Waals surface area (Å²) >= 11 is 6.23. The van der Waals surface area contributed by atoms with E-state index in [0.717, 1.165) is 53.3 Å². The van der Waals surface area contributed by atoms with Crippen LogP contribution in [0, 0.1) is 15.9 Å². The maximum atomic E-state index is 16.3. The Morgan fingerprint density at radius 2 is 1.34 bits per heavy atom. The Labute approximate surface area is 485 Å². The fraction of sp³-hybridized carbons (Fsp3) is 0.450. The molecule has 0 radical (unpaired) electrons. The summed E-state index contributed by atoms with van der Waals surface area (Å²) in [6.07, 6.45) is 2.77. The van der Waals surface area contributed by atoms with E-state index < -0.39 is 75.5 Å². The third-order valence-electron chi connectivity index (χ3n) is 14.4. The number of benzene rings is 4. The number of piperazine rings is 1. The predicted octanol–water partition coefficient (Wildman–Crippen LogP) is 9.72. The van der Waals surface area contributed by atoms with Gasteiger partial charge in [0.2, 0.25) is 17.2 Å². The molecular formula is C60H71ClFN9O12. The van der Waals surface area contributed by atoms with E-state index in [-0.39, 0.29) is 104 Å². The molecule has 2 heterocycles. The second kappa shape index (κ2) is 26.3. The van der Waals surface area contributed by atoms with Crippen LogP contribution in [0.15, 0.2) is 89.9 Å². The summed E-state index contributed by atoms with van der Waals surface area (Å²) < 4.78 is 34.7. The van der Waals surface area contributed by atoms with Crippen molar-refractivity contribution in [1.82, 2.24) is 30.7 Å². The number of amides is 6. The van der Waals surface area contributed by atoms with Gasteiger partial charge in [0, 0.05) is 74.9 Å². The smallest absolute Gasteiger partial charge is 0.408 e. The van der Waals surface area contributed by atoms with Gasteiger partial charge in [-0.25, -0.2) is 18.8 Å². The zero-order valence-electron chi connectivity index (χ0n) is 47.4. The number of halogens is 2. The van der Waals surface area contributed by atoms with Crippen molar-refractivity contribution in [3.05, 3.63) is 133 Å². The molecule has 2 fully saturated rings. The Balaban J connectivity index is 0.919. The van der Waals surface area contributed by atoms with Crippen LogP contribution in [0.3, 0.4) is 0 Å². The average Bonchev–Trinajstić information content (AvgIpc) is 2.84. The number of hydrogen-bond donors (Lipinski definition) is 5. The van der Waals surface area contributed by atoms with Crippen LogP contribution in [-0.4, -0.2) is 120 Å². The number of carbonyl (C=O) groups excluding carboxylic acids is 6. The van der Waals surface area contributed by atoms with Gasteiger partial charge in [0.25, 0.3) is 11.6 Å². The zero-order valence-corrected chi connectivity index (χ0v) is 48.2. The number of nitrogens with zero attached hydrogens (tertiary/aromatic N) is 4. The largest absolute Gasteiger partial charge is 0.449 e. The first kappa shape index (κ1) is 60.8. The van der Waals surface area contributed by atoms with E-state index in [1.807, 2.05) is 36.4 Å². The van der Waals surface area contributed by atoms with Crippen LogP contribution in [0.4, 0.5) is 35.8 Å². The van der Waals surface area contributed by atoms with Crippen LogP contribution < -0.4 is 36.9 Å². The number of pyridine rings is 1. The van der Waals surface area contributed by atoms with Crippen molar-refractivity contribution >= 4 is 75.6 Å². The number of aromatic nitrogens is 1. The van der Waals surface area contributed by atoms with Crippen molar-refractivity contribution in [2.75, 3.05) is 56.1 Å². The van der Waals surface area contributed by atoms with E-state index >= 15 is 4.39 Å². The number of hydrogen-bond acceptors (Lipinski definition) is 13. The van der Waals surface area contributed by atoms with Gasteiger partial charge in [-0.3, -0.25) is 29.3 Å². The minimum absolute atomic E-state index is 0.0287. The van der Waals surface area contributed by atoms with E-state index in [9.17, 15) is 43.7 Å². The summed E-state index contributed by atoms with van der Waals surface area (Å²) in [6, 6.07) is 19.9. The molecule has 5 aromatic rings. The van der Waals surface area contributed by atoms with Crippen molar-refractivity contribution in [1.29, 1.82) is 0 Å². The lowest BCUT2D eigenvalue weighted by atomic mass is 9.98. The van der Waals surface area contributed by atoms with Crippen LogP contribution in [0.5, 0.6) is 0 Å². The number of nitro benzene ring substituents is 1. The van der Waals surface area contributed by atoms with Gasteiger partial charge in [-0.1, -0.05) is 60.1 Å². The van der Waals surface area contributed by atoms with Crippen molar-refractivity contribution in [3.63, 3.8) is 0 Å². The van der Waals surface area contributed by atoms with Gasteiger partial charge in [0.1, 0.15) is 41.3 Å². The quantitative estimate of drug-likeness (QED) is 0.0199. The van der Waals surface area contributed by atoms with Crippen LogP contribution >= 0.6 is 11.6 Å². The van der Waals surface area contributed by atoms with Crippen molar-refractivity contribution in [2.45, 2.75) is 128 Å². The highest BCUT2D eigenvalue weighted by molar-refractivity contribution is 6.34. The molecule has 2 atom stereocenters. The first-order valence-electron chi connectivity index (χ1n) is 28.0. The molecule has 2 aliphatic carbocycles. The number of carbonyl (C=O) groups is 6. The summed E-state index contributed by atoms with van der Waals surface area (Å²) in [5, 5.41) is 24.7. The maximum absolute atomic E-state index is 16.3. The Morgan fingerprint density at radius 3 is 1.93 bits per heavy atom. The highest BCUT2D eigenvalue weighted by atomic mass is 35.5. The van der Waals surface area contributed by atoms with Gasteiger partial charge in [-0.2, -0.15) is 0 Å². The van der Waals surface area contributed by atoms with Crippen molar-refractivity contribution in [3.8, 4) is 11.1 Å². The number of anilines is 2. The summed E-state index contributed by atoms with van der Waals surface area (Å²) in [5.41, 5.74) is 2.14. The number of alkyl carbamates (subject to hydrolysis) is 3. The lowest BCUT2D eigenvalue weighted by Crippen LogP contribution is -2.57. The third-order valence-corrected chi connectivity index (χ3v) is 14.7. The van der Waals surface area contributed by atoms with Gasteiger partial charge in [-0.05, 0) is 133 Å². The number of nitrogens with one attached hydrogen (secondary N) is 5. The second-order valence-corrected chi connectivity index (χ2v) is 23.4. The Morgan fingerprint density at radius 1 is 0.747 bits per heavy atom. The highest BCUT2D eigenvalue weighted by Crippen LogP contribution is 2.45. The fourth-order valence-electron chi connectivity index (χ4n) is 10.3. The standard InChI is InChI=1S/C60H71ClFN9O12/c1-59(2,3)82-57(77)64-26-14-12-20-49(66-54(74)48(67-58(78)83-60(4,5)6)19-11-13-25-63-56(76)81-35-44-40-17-9-7-15-38(40)39-16-8-10-18-41(39)44)55(75)69-29-27-68(28-30-69)51-33-50-42(32-46(51)62)52(72)43(34-70(50)36-21-22-36)53(73)65-47-24-23-37(71(79)80)31-45(47)61/h7-10,15-18,23-24,31-34,36,44,48-49H,11-14,19-22,25-30,35H2,1-6H3,(H,63,76)(H,64,77)(H,65,73)(H,66,74)(H,67,78)/t48-,49-/m0/s1. The van der Waals surface area contributed by atoms with Crippen LogP contribution in [0.25, 0.3) is 22.0 Å². The summed E-state index contributed by atoms with van der Waals surface area (Å²) in [5.74, 6) is -2.72. The first-order chi connectivity index (χ1) is 39.4. The van der Waals surface area contributed by atoms with Crippen LogP contribution in [-0.2, 0) is 23.8 Å². The zero-order chi connectivity index (χ0) is 59.8. The first-order valence-corrected chi connectivity index (χ1v) is 28.4. The monoisotopic (exact) mass is 1160 g/mol. The Bertz CT molecular complexity index is 3290. The fourth-order valence-corrected chi connectivity index (χ4v) is 10.5. The second-order valence-electron chi connectivity index (χ2n) is 23.0. The van der Waals surface area contributed by atoms with Crippen LogP contribution in [0.1, 0.15) is 126 Å². The van der Waals surface area contributed by atoms with Gasteiger partial charge >= 0.3 is 18.3 Å². The number of ether oxygens (including phenoxy) is 3. The molecule has 0 spiro atoms. The lowest BCUT2D eigenvalue weighted by molar-refractivity contribution is -0.384. The molecule has 4 aromatic carbocycles. The molecule has 83 heavy (non-hydrogen) atoms. The Kier molecular flexibility index (Phi) is 19.3. The molecule has 23 heteroatoms. The van der Waals surface area contributed by atoms with E-state index in [4.69, 9.17) is 25.8 Å². The summed E-state index contributed by atoms with van der Waals surface area (Å²) in [4.78, 5) is 109. The van der Waals surface area contributed by atoms with Gasteiger partial charge in [0.15, 0.2) is 0 Å². The summed E-state index contributed by atoms with van der Waals surface area (Å²) in [7, 11) is 0. The lowest BCUT2D eigenvalue weighted by Gasteiger charge is -2.38. The molecule has 1 saturated heterocycles. The molecule has 6 amide bonds. The molecule has 8 rings (SSSR count). The molecule has 5 N–H and O–H groups in total. The van der Waals surface area contributed by atoms with E-state index in [0.29, 0.717) is 31.2 Å². The molecule has 0 bridgehead atoms. The molecule has 1 saturated carbocycles. The topological polar surface area (TPSA) is 262 Å². The number of nitro groups is 1. The summed E-state index contributed by atoms with van der Waals surface area (Å²) in [6.45, 7) is 11.5. The Hall–Kier alpha value is -8.27.